The Morgan fingerprint density at radius 3 is 2.44 bits per heavy atom. The van der Waals surface area contributed by atoms with Crippen molar-refractivity contribution >= 4 is 40.7 Å². The van der Waals surface area contributed by atoms with E-state index in [9.17, 15) is 10.1 Å². The molecular formula is C26H18ClN5O2. The highest BCUT2D eigenvalue weighted by Crippen LogP contribution is 2.46. The molecule has 0 fully saturated rings. The molecule has 2 aliphatic rings. The fourth-order valence-corrected chi connectivity index (χ4v) is 4.75. The van der Waals surface area contributed by atoms with E-state index in [2.05, 4.69) is 23.1 Å². The molecule has 0 bridgehead atoms. The van der Waals surface area contributed by atoms with E-state index in [0.717, 1.165) is 45.4 Å². The maximum atomic E-state index is 11.3. The van der Waals surface area contributed by atoms with Crippen LogP contribution in [0.25, 0.3) is 11.8 Å². The standard InChI is InChI=1S/C26H18ClN5O2/c1-16-24-25(18-6-11-21(12-7-18)32(33)34)30-22-5-3-2-4-17(22)8-15-23(30)28-26(24)31(29-16)20-13-9-19(27)10-14-20/h2-15,25H,1H3/t25-/m0/s1. The molecule has 8 heteroatoms. The number of nitro benzene ring substituents is 1. The van der Waals surface area contributed by atoms with Gasteiger partial charge in [-0.25, -0.2) is 9.67 Å². The van der Waals surface area contributed by atoms with Gasteiger partial charge in [0, 0.05) is 22.7 Å². The molecule has 0 radical (unpaired) electrons. The Kier molecular flexibility index (Phi) is 4.60. The van der Waals surface area contributed by atoms with E-state index < -0.39 is 0 Å². The van der Waals surface area contributed by atoms with Gasteiger partial charge in [0.05, 0.1) is 28.0 Å². The number of fused-ring (bicyclic) bond motifs is 4. The minimum Gasteiger partial charge on any atom is -0.314 e. The Bertz CT molecular complexity index is 1500. The van der Waals surface area contributed by atoms with Crippen LogP contribution < -0.4 is 4.90 Å². The van der Waals surface area contributed by atoms with Crippen LogP contribution in [0, 0.1) is 17.0 Å². The number of rotatable bonds is 3. The first-order valence-corrected chi connectivity index (χ1v) is 11.1. The Labute approximate surface area is 200 Å². The van der Waals surface area contributed by atoms with Gasteiger partial charge in [0.1, 0.15) is 5.84 Å². The zero-order chi connectivity index (χ0) is 23.4. The summed E-state index contributed by atoms with van der Waals surface area (Å²) < 4.78 is 1.83. The van der Waals surface area contributed by atoms with Crippen molar-refractivity contribution in [1.29, 1.82) is 0 Å². The average Bonchev–Trinajstić information content (AvgIpc) is 3.19. The average molecular weight is 468 g/mol. The molecule has 0 saturated carbocycles. The van der Waals surface area contributed by atoms with Crippen LogP contribution in [0.1, 0.15) is 28.4 Å². The van der Waals surface area contributed by atoms with Crippen molar-refractivity contribution in [2.24, 2.45) is 4.99 Å². The summed E-state index contributed by atoms with van der Waals surface area (Å²) >= 11 is 6.10. The number of aromatic nitrogens is 2. The third-order valence-corrected chi connectivity index (χ3v) is 6.43. The zero-order valence-corrected chi connectivity index (χ0v) is 18.8. The summed E-state index contributed by atoms with van der Waals surface area (Å²) in [5.74, 6) is 1.52. The van der Waals surface area contributed by atoms with E-state index in [1.807, 2.05) is 66.2 Å². The monoisotopic (exact) mass is 467 g/mol. The largest absolute Gasteiger partial charge is 0.314 e. The Morgan fingerprint density at radius 1 is 0.971 bits per heavy atom. The van der Waals surface area contributed by atoms with E-state index in [1.54, 1.807) is 12.1 Å². The van der Waals surface area contributed by atoms with Gasteiger partial charge in [-0.3, -0.25) is 10.1 Å². The first kappa shape index (κ1) is 20.4. The van der Waals surface area contributed by atoms with Gasteiger partial charge in [-0.1, -0.05) is 29.8 Å². The predicted octanol–water partition coefficient (Wildman–Crippen LogP) is 6.41. The van der Waals surface area contributed by atoms with E-state index >= 15 is 0 Å². The molecule has 6 rings (SSSR count). The Morgan fingerprint density at radius 2 is 1.71 bits per heavy atom. The summed E-state index contributed by atoms with van der Waals surface area (Å²) in [5.41, 5.74) is 5.73. The minimum atomic E-state index is -0.383. The van der Waals surface area contributed by atoms with Gasteiger partial charge in [-0.2, -0.15) is 5.10 Å². The minimum absolute atomic E-state index is 0.0567. The number of amidine groups is 1. The fourth-order valence-electron chi connectivity index (χ4n) is 4.63. The Balaban J connectivity index is 1.60. The van der Waals surface area contributed by atoms with Crippen LogP contribution in [-0.4, -0.2) is 20.5 Å². The number of para-hydroxylation sites is 1. The predicted molar refractivity (Wildman–Crippen MR) is 133 cm³/mol. The zero-order valence-electron chi connectivity index (χ0n) is 18.1. The summed E-state index contributed by atoms with van der Waals surface area (Å²) in [6, 6.07) is 22.1. The van der Waals surface area contributed by atoms with E-state index in [-0.39, 0.29) is 16.7 Å². The lowest BCUT2D eigenvalue weighted by Gasteiger charge is -2.39. The van der Waals surface area contributed by atoms with E-state index in [1.165, 1.54) is 0 Å². The van der Waals surface area contributed by atoms with Gasteiger partial charge in [0.15, 0.2) is 5.82 Å². The smallest absolute Gasteiger partial charge is 0.269 e. The number of nitro groups is 1. The molecule has 0 unspecified atom stereocenters. The van der Waals surface area contributed by atoms with Crippen LogP contribution in [0.4, 0.5) is 17.2 Å². The second-order valence-electron chi connectivity index (χ2n) is 8.19. The SMILES string of the molecule is Cc1nn(-c2ccc(Cl)cc2)c2c1[C@H](c1ccc([N+](=O)[O-])cc1)N1C(=N2)C=Cc2ccccc21. The number of hydrogen-bond acceptors (Lipinski definition) is 5. The van der Waals surface area contributed by atoms with Crippen molar-refractivity contribution in [2.75, 3.05) is 4.90 Å². The molecule has 1 atom stereocenters. The van der Waals surface area contributed by atoms with Crippen molar-refractivity contribution in [1.82, 2.24) is 9.78 Å². The highest BCUT2D eigenvalue weighted by Gasteiger charge is 2.38. The molecule has 0 amide bonds. The van der Waals surface area contributed by atoms with E-state index in [0.29, 0.717) is 5.02 Å². The lowest BCUT2D eigenvalue weighted by molar-refractivity contribution is -0.384. The van der Waals surface area contributed by atoms with Crippen molar-refractivity contribution in [3.05, 3.63) is 116 Å². The number of hydrogen-bond donors (Lipinski definition) is 0. The maximum absolute atomic E-state index is 11.3. The number of nitrogens with zero attached hydrogens (tertiary/aromatic N) is 5. The molecule has 0 spiro atoms. The lowest BCUT2D eigenvalue weighted by Crippen LogP contribution is -2.38. The number of anilines is 1. The van der Waals surface area contributed by atoms with Gasteiger partial charge in [-0.15, -0.1) is 0 Å². The third-order valence-electron chi connectivity index (χ3n) is 6.18. The molecule has 0 N–H and O–H groups in total. The summed E-state index contributed by atoms with van der Waals surface area (Å²) in [7, 11) is 0. The second kappa shape index (κ2) is 7.67. The molecule has 34 heavy (non-hydrogen) atoms. The van der Waals surface area contributed by atoms with Crippen LogP contribution in [0.5, 0.6) is 0 Å². The number of benzene rings is 3. The number of non-ortho nitro benzene ring substituents is 1. The highest BCUT2D eigenvalue weighted by atomic mass is 35.5. The number of aryl methyl sites for hydroxylation is 1. The quantitative estimate of drug-likeness (QED) is 0.258. The van der Waals surface area contributed by atoms with Crippen molar-refractivity contribution in [2.45, 2.75) is 13.0 Å². The first-order chi connectivity index (χ1) is 16.5. The first-order valence-electron chi connectivity index (χ1n) is 10.8. The van der Waals surface area contributed by atoms with Crippen LogP contribution in [0.3, 0.4) is 0 Å². The molecule has 2 aliphatic heterocycles. The third kappa shape index (κ3) is 3.13. The molecule has 0 aliphatic carbocycles. The molecular weight excluding hydrogens is 450 g/mol. The van der Waals surface area contributed by atoms with Crippen molar-refractivity contribution in [3.8, 4) is 5.69 Å². The second-order valence-corrected chi connectivity index (χ2v) is 8.63. The topological polar surface area (TPSA) is 76.6 Å². The van der Waals surface area contributed by atoms with Gasteiger partial charge < -0.3 is 4.90 Å². The summed E-state index contributed by atoms with van der Waals surface area (Å²) in [4.78, 5) is 18.1. The van der Waals surface area contributed by atoms with Gasteiger partial charge in [-0.05, 0) is 72.7 Å². The maximum Gasteiger partial charge on any atom is 0.269 e. The van der Waals surface area contributed by atoms with Crippen LogP contribution in [0.2, 0.25) is 5.02 Å². The van der Waals surface area contributed by atoms with Gasteiger partial charge >= 0.3 is 0 Å². The summed E-state index contributed by atoms with van der Waals surface area (Å²) in [6.45, 7) is 1.97. The van der Waals surface area contributed by atoms with Crippen molar-refractivity contribution < 1.29 is 4.92 Å². The molecule has 4 aromatic rings. The highest BCUT2D eigenvalue weighted by molar-refractivity contribution is 6.30. The van der Waals surface area contributed by atoms with Gasteiger partial charge in [0.2, 0.25) is 0 Å². The number of aliphatic imine (C=N–C) groups is 1. The molecule has 166 valence electrons. The Hall–Kier alpha value is -4.23. The van der Waals surface area contributed by atoms with Crippen molar-refractivity contribution in [3.63, 3.8) is 0 Å². The molecule has 3 heterocycles. The van der Waals surface area contributed by atoms with Crippen LogP contribution in [0.15, 0.2) is 83.9 Å². The van der Waals surface area contributed by atoms with Gasteiger partial charge in [0.25, 0.3) is 5.69 Å². The summed E-state index contributed by atoms with van der Waals surface area (Å²) in [6.07, 6.45) is 4.05. The normalized spacial score (nSPS) is 15.9. The fraction of sp³-hybridized carbons (Fsp3) is 0.0769. The molecule has 7 nitrogen and oxygen atoms in total. The molecule has 0 saturated heterocycles. The number of halogens is 1. The van der Waals surface area contributed by atoms with Crippen LogP contribution in [-0.2, 0) is 0 Å². The van der Waals surface area contributed by atoms with Crippen LogP contribution >= 0.6 is 11.6 Å². The molecule has 1 aromatic heterocycles. The lowest BCUT2D eigenvalue weighted by atomic mass is 9.92. The molecule has 3 aromatic carbocycles. The van der Waals surface area contributed by atoms with E-state index in [4.69, 9.17) is 21.7 Å². The summed E-state index contributed by atoms with van der Waals surface area (Å²) in [5, 5.41) is 16.7.